The third-order valence-corrected chi connectivity index (χ3v) is 4.19. The van der Waals surface area contributed by atoms with Gasteiger partial charge in [-0.1, -0.05) is 23.7 Å². The molecule has 3 aromatic rings. The molecule has 0 aliphatic rings. The van der Waals surface area contributed by atoms with Gasteiger partial charge in [-0.15, -0.1) is 0 Å². The van der Waals surface area contributed by atoms with Gasteiger partial charge in [-0.2, -0.15) is 10.2 Å². The van der Waals surface area contributed by atoms with Gasteiger partial charge in [0.25, 0.3) is 0 Å². The number of halogens is 2. The van der Waals surface area contributed by atoms with Crippen LogP contribution in [0.2, 0.25) is 5.02 Å². The Hall–Kier alpha value is -3.27. The van der Waals surface area contributed by atoms with E-state index in [2.05, 4.69) is 15.5 Å². The van der Waals surface area contributed by atoms with E-state index < -0.39 is 4.92 Å². The summed E-state index contributed by atoms with van der Waals surface area (Å²) in [5.74, 6) is -0.478. The average molecular weight is 407 g/mol. The second-order valence-corrected chi connectivity index (χ2v) is 6.47. The van der Waals surface area contributed by atoms with Gasteiger partial charge >= 0.3 is 5.69 Å². The fourth-order valence-corrected chi connectivity index (χ4v) is 2.75. The first kappa shape index (κ1) is 19.5. The van der Waals surface area contributed by atoms with E-state index in [9.17, 15) is 19.3 Å². The maximum absolute atomic E-state index is 13.0. The van der Waals surface area contributed by atoms with Crippen molar-refractivity contribution in [2.45, 2.75) is 26.4 Å². The molecule has 1 aromatic carbocycles. The standard InChI is InChI=1S/C17H16ClFN6O3/c1-11-15(25(27)28)10-23(21-11)7-6-16(26)20-17-14(18)9-24(22-17)8-12-2-4-13(19)5-3-12/h2-5,9-10H,6-8H2,1H3,(H,20,22,26). The Morgan fingerprint density at radius 1 is 1.25 bits per heavy atom. The number of nitro groups is 1. The second kappa shape index (κ2) is 8.17. The number of rotatable bonds is 7. The van der Waals surface area contributed by atoms with Crippen molar-refractivity contribution in [2.24, 2.45) is 0 Å². The molecule has 0 saturated carbocycles. The highest BCUT2D eigenvalue weighted by molar-refractivity contribution is 6.33. The minimum atomic E-state index is -0.521. The van der Waals surface area contributed by atoms with E-state index in [4.69, 9.17) is 11.6 Å². The number of amides is 1. The predicted octanol–water partition coefficient (Wildman–Crippen LogP) is 3.17. The molecule has 0 spiro atoms. The first-order valence-corrected chi connectivity index (χ1v) is 8.65. The molecule has 0 atom stereocenters. The first-order valence-electron chi connectivity index (χ1n) is 8.27. The zero-order chi connectivity index (χ0) is 20.3. The molecule has 3 rings (SSSR count). The van der Waals surface area contributed by atoms with Gasteiger partial charge in [-0.25, -0.2) is 4.39 Å². The topological polar surface area (TPSA) is 108 Å². The molecule has 9 nitrogen and oxygen atoms in total. The fourth-order valence-electron chi connectivity index (χ4n) is 2.55. The first-order chi connectivity index (χ1) is 13.3. The lowest BCUT2D eigenvalue weighted by molar-refractivity contribution is -0.385. The van der Waals surface area contributed by atoms with Gasteiger partial charge in [0.1, 0.15) is 22.7 Å². The molecule has 2 aromatic heterocycles. The maximum Gasteiger partial charge on any atom is 0.309 e. The Labute approximate surface area is 163 Å². The molecule has 2 heterocycles. The number of hydrogen-bond donors (Lipinski definition) is 1. The molecular formula is C17H16ClFN6O3. The zero-order valence-electron chi connectivity index (χ0n) is 14.8. The van der Waals surface area contributed by atoms with Gasteiger partial charge in [-0.3, -0.25) is 24.3 Å². The third kappa shape index (κ3) is 4.71. The Morgan fingerprint density at radius 2 is 1.96 bits per heavy atom. The van der Waals surface area contributed by atoms with E-state index in [1.807, 2.05) is 0 Å². The lowest BCUT2D eigenvalue weighted by Gasteiger charge is -2.04. The van der Waals surface area contributed by atoms with E-state index >= 15 is 0 Å². The summed E-state index contributed by atoms with van der Waals surface area (Å²) >= 11 is 6.11. The molecule has 28 heavy (non-hydrogen) atoms. The highest BCUT2D eigenvalue weighted by Gasteiger charge is 2.16. The highest BCUT2D eigenvalue weighted by atomic mass is 35.5. The number of anilines is 1. The molecule has 1 amide bonds. The zero-order valence-corrected chi connectivity index (χ0v) is 15.6. The summed E-state index contributed by atoms with van der Waals surface area (Å²) in [5, 5.41) is 21.9. The van der Waals surface area contributed by atoms with E-state index in [0.717, 1.165) is 5.56 Å². The van der Waals surface area contributed by atoms with Crippen molar-refractivity contribution in [2.75, 3.05) is 5.32 Å². The molecule has 0 radical (unpaired) electrons. The van der Waals surface area contributed by atoms with E-state index in [1.54, 1.807) is 18.3 Å². The maximum atomic E-state index is 13.0. The van der Waals surface area contributed by atoms with Gasteiger partial charge in [-0.05, 0) is 24.6 Å². The second-order valence-electron chi connectivity index (χ2n) is 6.07. The van der Waals surface area contributed by atoms with Crippen LogP contribution in [0.3, 0.4) is 0 Å². The molecule has 0 saturated heterocycles. The minimum Gasteiger partial charge on any atom is -0.308 e. The van der Waals surface area contributed by atoms with Crippen LogP contribution in [-0.4, -0.2) is 30.4 Å². The number of benzene rings is 1. The Bertz CT molecular complexity index is 1010. The van der Waals surface area contributed by atoms with Crippen LogP contribution in [0.5, 0.6) is 0 Å². The van der Waals surface area contributed by atoms with E-state index in [1.165, 1.54) is 34.6 Å². The van der Waals surface area contributed by atoms with Gasteiger partial charge in [0.2, 0.25) is 5.91 Å². The number of nitrogens with one attached hydrogen (secondary N) is 1. The number of nitrogens with zero attached hydrogens (tertiary/aromatic N) is 5. The molecule has 0 unspecified atom stereocenters. The van der Waals surface area contributed by atoms with Gasteiger partial charge < -0.3 is 5.32 Å². The number of aromatic nitrogens is 4. The summed E-state index contributed by atoms with van der Waals surface area (Å²) in [4.78, 5) is 22.4. The molecule has 0 fully saturated rings. The SMILES string of the molecule is Cc1nn(CCC(=O)Nc2nn(Cc3ccc(F)cc3)cc2Cl)cc1[N+](=O)[O-]. The lowest BCUT2D eigenvalue weighted by atomic mass is 10.2. The summed E-state index contributed by atoms with van der Waals surface area (Å²) in [6.07, 6.45) is 2.88. The number of hydrogen-bond acceptors (Lipinski definition) is 5. The van der Waals surface area contributed by atoms with Crippen LogP contribution in [0.4, 0.5) is 15.9 Å². The summed E-state index contributed by atoms with van der Waals surface area (Å²) in [7, 11) is 0. The highest BCUT2D eigenvalue weighted by Crippen LogP contribution is 2.20. The van der Waals surface area contributed by atoms with Crippen LogP contribution in [-0.2, 0) is 17.9 Å². The molecule has 0 aliphatic carbocycles. The van der Waals surface area contributed by atoms with E-state index in [0.29, 0.717) is 6.54 Å². The Morgan fingerprint density at radius 3 is 2.61 bits per heavy atom. The van der Waals surface area contributed by atoms with Crippen molar-refractivity contribution in [3.05, 3.63) is 68.9 Å². The Kier molecular flexibility index (Phi) is 5.69. The summed E-state index contributed by atoms with van der Waals surface area (Å²) < 4.78 is 15.8. The van der Waals surface area contributed by atoms with Crippen molar-refractivity contribution in [1.29, 1.82) is 0 Å². The minimum absolute atomic E-state index is 0.0411. The summed E-state index contributed by atoms with van der Waals surface area (Å²) in [6.45, 7) is 2.07. The number of carbonyl (C=O) groups is 1. The van der Waals surface area contributed by atoms with Crippen molar-refractivity contribution < 1.29 is 14.1 Å². The normalized spacial score (nSPS) is 10.8. The fraction of sp³-hybridized carbons (Fsp3) is 0.235. The van der Waals surface area contributed by atoms with Crippen LogP contribution < -0.4 is 5.32 Å². The molecular weight excluding hydrogens is 391 g/mol. The van der Waals surface area contributed by atoms with Crippen molar-refractivity contribution in [3.8, 4) is 0 Å². The van der Waals surface area contributed by atoms with Crippen LogP contribution >= 0.6 is 11.6 Å². The summed E-state index contributed by atoms with van der Waals surface area (Å²) in [5.41, 5.74) is 1.02. The molecule has 11 heteroatoms. The van der Waals surface area contributed by atoms with Crippen molar-refractivity contribution in [1.82, 2.24) is 19.6 Å². The lowest BCUT2D eigenvalue weighted by Crippen LogP contribution is -2.15. The smallest absolute Gasteiger partial charge is 0.308 e. The van der Waals surface area contributed by atoms with Crippen LogP contribution in [0.1, 0.15) is 17.7 Å². The van der Waals surface area contributed by atoms with Crippen molar-refractivity contribution >= 4 is 29.0 Å². The third-order valence-electron chi connectivity index (χ3n) is 3.92. The Balaban J connectivity index is 1.58. The van der Waals surface area contributed by atoms with Crippen LogP contribution in [0, 0.1) is 22.9 Å². The number of carbonyl (C=O) groups excluding carboxylic acids is 1. The van der Waals surface area contributed by atoms with Crippen LogP contribution in [0.25, 0.3) is 0 Å². The predicted molar refractivity (Wildman–Crippen MR) is 99.6 cm³/mol. The van der Waals surface area contributed by atoms with Crippen LogP contribution in [0.15, 0.2) is 36.7 Å². The average Bonchev–Trinajstić information content (AvgIpc) is 3.17. The van der Waals surface area contributed by atoms with E-state index in [-0.39, 0.29) is 46.9 Å². The quantitative estimate of drug-likeness (QED) is 0.479. The van der Waals surface area contributed by atoms with Gasteiger partial charge in [0.05, 0.1) is 11.5 Å². The number of aryl methyl sites for hydroxylation is 2. The summed E-state index contributed by atoms with van der Waals surface area (Å²) in [6, 6.07) is 5.97. The molecule has 146 valence electrons. The molecule has 1 N–H and O–H groups in total. The monoisotopic (exact) mass is 406 g/mol. The molecule has 0 aliphatic heterocycles. The molecule has 0 bridgehead atoms. The largest absolute Gasteiger partial charge is 0.309 e. The van der Waals surface area contributed by atoms with Crippen molar-refractivity contribution in [3.63, 3.8) is 0 Å². The van der Waals surface area contributed by atoms with Gasteiger partial charge in [0, 0.05) is 19.2 Å². The van der Waals surface area contributed by atoms with Gasteiger partial charge in [0.15, 0.2) is 5.82 Å².